The largest absolute Gasteiger partial charge is 0.384 e. The van der Waals surface area contributed by atoms with Gasteiger partial charge >= 0.3 is 0 Å². The average Bonchev–Trinajstić information content (AvgIpc) is 2.41. The van der Waals surface area contributed by atoms with E-state index in [9.17, 15) is 4.79 Å². The summed E-state index contributed by atoms with van der Waals surface area (Å²) in [6, 6.07) is 0. The highest BCUT2D eigenvalue weighted by Crippen LogP contribution is 2.35. The van der Waals surface area contributed by atoms with Crippen LogP contribution in [0.15, 0.2) is 0 Å². The zero-order valence-corrected chi connectivity index (χ0v) is 10.7. The van der Waals surface area contributed by atoms with Crippen molar-refractivity contribution in [3.63, 3.8) is 0 Å². The Bertz CT molecular complexity index is 241. The molecule has 1 saturated heterocycles. The second kappa shape index (κ2) is 4.71. The van der Waals surface area contributed by atoms with Gasteiger partial charge in [-0.2, -0.15) is 0 Å². The van der Waals surface area contributed by atoms with Gasteiger partial charge < -0.3 is 9.64 Å². The smallest absolute Gasteiger partial charge is 0.240 e. The molecule has 1 amide bonds. The van der Waals surface area contributed by atoms with Gasteiger partial charge in [-0.3, -0.25) is 4.79 Å². The average molecular weight is 234 g/mol. The highest BCUT2D eigenvalue weighted by atomic mass is 35.5. The summed E-state index contributed by atoms with van der Waals surface area (Å²) in [4.78, 5) is 13.6. The van der Waals surface area contributed by atoms with Crippen LogP contribution in [-0.2, 0) is 9.53 Å². The zero-order chi connectivity index (χ0) is 11.6. The Morgan fingerprint density at radius 2 is 2.27 bits per heavy atom. The fraction of sp³-hybridized carbons (Fsp3) is 0.909. The van der Waals surface area contributed by atoms with Gasteiger partial charge in [0.15, 0.2) is 0 Å². The maximum atomic E-state index is 11.7. The summed E-state index contributed by atoms with van der Waals surface area (Å²) in [7, 11) is 1.70. The topological polar surface area (TPSA) is 29.5 Å². The Hall–Kier alpha value is -0.280. The van der Waals surface area contributed by atoms with Gasteiger partial charge in [0.1, 0.15) is 5.38 Å². The Morgan fingerprint density at radius 1 is 1.67 bits per heavy atom. The summed E-state index contributed by atoms with van der Waals surface area (Å²) in [5.41, 5.74) is 0.122. The van der Waals surface area contributed by atoms with E-state index in [1.165, 1.54) is 0 Å². The van der Waals surface area contributed by atoms with E-state index in [1.807, 2.05) is 4.90 Å². The lowest BCUT2D eigenvalue weighted by Gasteiger charge is -2.24. The number of amides is 1. The lowest BCUT2D eigenvalue weighted by atomic mass is 9.83. The van der Waals surface area contributed by atoms with Crippen molar-refractivity contribution in [3.05, 3.63) is 0 Å². The van der Waals surface area contributed by atoms with Crippen LogP contribution in [0.25, 0.3) is 0 Å². The molecule has 0 aromatic carbocycles. The maximum Gasteiger partial charge on any atom is 0.240 e. The number of likely N-dealkylation sites (tertiary alicyclic amines) is 1. The second-order valence-corrected chi connectivity index (χ2v) is 5.63. The molecule has 0 bridgehead atoms. The number of halogens is 1. The first kappa shape index (κ1) is 12.8. The van der Waals surface area contributed by atoms with E-state index in [0.29, 0.717) is 12.5 Å². The molecule has 0 aromatic rings. The first-order valence-electron chi connectivity index (χ1n) is 5.30. The molecule has 0 saturated carbocycles. The number of carbonyl (C=O) groups excluding carboxylic acids is 1. The highest BCUT2D eigenvalue weighted by Gasteiger charge is 2.41. The van der Waals surface area contributed by atoms with Crippen LogP contribution in [0.4, 0.5) is 0 Å². The summed E-state index contributed by atoms with van der Waals surface area (Å²) in [6.45, 7) is 8.30. The molecule has 1 rings (SSSR count). The Labute approximate surface area is 96.7 Å². The number of hydrogen-bond donors (Lipinski definition) is 0. The van der Waals surface area contributed by atoms with Crippen molar-refractivity contribution in [2.24, 2.45) is 11.3 Å². The molecule has 15 heavy (non-hydrogen) atoms. The molecule has 1 heterocycles. The molecule has 2 atom stereocenters. The van der Waals surface area contributed by atoms with Crippen LogP contribution in [-0.4, -0.2) is 43.0 Å². The molecular formula is C11H20ClNO2. The summed E-state index contributed by atoms with van der Waals surface area (Å²) in [5.74, 6) is 0.435. The number of hydrogen-bond acceptors (Lipinski definition) is 2. The first-order valence-corrected chi connectivity index (χ1v) is 5.74. The predicted octanol–water partition coefficient (Wildman–Crippen LogP) is 1.74. The van der Waals surface area contributed by atoms with Crippen molar-refractivity contribution in [2.45, 2.75) is 26.1 Å². The highest BCUT2D eigenvalue weighted by molar-refractivity contribution is 6.30. The number of methoxy groups -OCH3 is 1. The number of carbonyl (C=O) groups is 1. The lowest BCUT2D eigenvalue weighted by molar-refractivity contribution is -0.129. The van der Waals surface area contributed by atoms with Gasteiger partial charge in [0.25, 0.3) is 0 Å². The Morgan fingerprint density at radius 3 is 2.73 bits per heavy atom. The van der Waals surface area contributed by atoms with Crippen molar-refractivity contribution < 1.29 is 9.53 Å². The number of nitrogens with zero attached hydrogens (tertiary/aromatic N) is 1. The fourth-order valence-corrected chi connectivity index (χ4v) is 2.24. The number of alkyl halides is 1. The summed E-state index contributed by atoms with van der Waals surface area (Å²) < 4.78 is 5.18. The van der Waals surface area contributed by atoms with E-state index in [0.717, 1.165) is 13.1 Å². The third-order valence-electron chi connectivity index (χ3n) is 3.16. The van der Waals surface area contributed by atoms with Crippen LogP contribution in [0, 0.1) is 11.3 Å². The van der Waals surface area contributed by atoms with E-state index in [2.05, 4.69) is 13.8 Å². The van der Waals surface area contributed by atoms with Gasteiger partial charge in [-0.05, 0) is 12.3 Å². The van der Waals surface area contributed by atoms with E-state index in [1.54, 1.807) is 14.0 Å². The van der Waals surface area contributed by atoms with Crippen molar-refractivity contribution in [3.8, 4) is 0 Å². The third-order valence-corrected chi connectivity index (χ3v) is 3.35. The van der Waals surface area contributed by atoms with Gasteiger partial charge in [-0.1, -0.05) is 13.8 Å². The SMILES string of the molecule is COC[C@@H]1CN(C(=O)[C@H](C)Cl)CC1(C)C. The minimum atomic E-state index is -0.429. The molecule has 3 nitrogen and oxygen atoms in total. The van der Waals surface area contributed by atoms with Gasteiger partial charge in [-0.15, -0.1) is 11.6 Å². The lowest BCUT2D eigenvalue weighted by Crippen LogP contribution is -2.34. The van der Waals surface area contributed by atoms with Crippen molar-refractivity contribution in [1.29, 1.82) is 0 Å². The number of rotatable bonds is 3. The van der Waals surface area contributed by atoms with E-state index in [4.69, 9.17) is 16.3 Å². The van der Waals surface area contributed by atoms with E-state index < -0.39 is 5.38 Å². The van der Waals surface area contributed by atoms with Gasteiger partial charge in [0.05, 0.1) is 6.61 Å². The van der Waals surface area contributed by atoms with Crippen LogP contribution in [0.5, 0.6) is 0 Å². The van der Waals surface area contributed by atoms with Crippen LogP contribution in [0.2, 0.25) is 0 Å². The molecule has 1 fully saturated rings. The minimum absolute atomic E-state index is 0.0309. The molecule has 88 valence electrons. The quantitative estimate of drug-likeness (QED) is 0.695. The third kappa shape index (κ3) is 2.85. The minimum Gasteiger partial charge on any atom is -0.384 e. The summed E-state index contributed by atoms with van der Waals surface area (Å²) >= 11 is 5.80. The zero-order valence-electron chi connectivity index (χ0n) is 9.92. The molecule has 0 radical (unpaired) electrons. The Balaban J connectivity index is 2.65. The molecule has 1 aliphatic rings. The maximum absolute atomic E-state index is 11.7. The molecule has 0 aromatic heterocycles. The second-order valence-electron chi connectivity index (χ2n) is 4.98. The van der Waals surface area contributed by atoms with E-state index >= 15 is 0 Å². The van der Waals surface area contributed by atoms with Crippen molar-refractivity contribution in [2.75, 3.05) is 26.8 Å². The molecule has 4 heteroatoms. The monoisotopic (exact) mass is 233 g/mol. The predicted molar refractivity (Wildman–Crippen MR) is 61.0 cm³/mol. The number of ether oxygens (including phenoxy) is 1. The normalized spacial score (nSPS) is 26.7. The molecule has 1 aliphatic heterocycles. The van der Waals surface area contributed by atoms with Gasteiger partial charge in [0.2, 0.25) is 5.91 Å². The first-order chi connectivity index (χ1) is 6.88. The van der Waals surface area contributed by atoms with Crippen molar-refractivity contribution in [1.82, 2.24) is 4.90 Å². The summed E-state index contributed by atoms with van der Waals surface area (Å²) in [6.07, 6.45) is 0. The molecular weight excluding hydrogens is 214 g/mol. The van der Waals surface area contributed by atoms with Crippen LogP contribution in [0.3, 0.4) is 0 Å². The van der Waals surface area contributed by atoms with Gasteiger partial charge in [0, 0.05) is 26.1 Å². The van der Waals surface area contributed by atoms with E-state index in [-0.39, 0.29) is 11.3 Å². The van der Waals surface area contributed by atoms with Crippen molar-refractivity contribution >= 4 is 17.5 Å². The van der Waals surface area contributed by atoms with Crippen LogP contribution < -0.4 is 0 Å². The molecule has 0 aliphatic carbocycles. The Kier molecular flexibility index (Phi) is 4.01. The summed E-state index contributed by atoms with van der Waals surface area (Å²) in [5, 5.41) is -0.429. The molecule has 0 N–H and O–H groups in total. The van der Waals surface area contributed by atoms with Crippen LogP contribution >= 0.6 is 11.6 Å². The van der Waals surface area contributed by atoms with Gasteiger partial charge in [-0.25, -0.2) is 0 Å². The molecule has 0 spiro atoms. The van der Waals surface area contributed by atoms with Crippen LogP contribution in [0.1, 0.15) is 20.8 Å². The molecule has 0 unspecified atom stereocenters. The fourth-order valence-electron chi connectivity index (χ4n) is 2.10. The standard InChI is InChI=1S/C11H20ClNO2/c1-8(12)10(14)13-5-9(6-15-4)11(2,3)7-13/h8-9H,5-7H2,1-4H3/t8-,9-/m0/s1.